The lowest BCUT2D eigenvalue weighted by atomic mass is 10.2. The second-order valence-corrected chi connectivity index (χ2v) is 7.12. The fraction of sp³-hybridized carbons (Fsp3) is 0.182. The Morgan fingerprint density at radius 2 is 1.56 bits per heavy atom. The molecule has 0 saturated heterocycles. The van der Waals surface area contributed by atoms with Crippen LogP contribution in [0.4, 0.5) is 29.3 Å². The van der Waals surface area contributed by atoms with Gasteiger partial charge in [-0.25, -0.2) is 4.79 Å². The van der Waals surface area contributed by atoms with Gasteiger partial charge in [-0.3, -0.25) is 4.98 Å². The average Bonchev–Trinajstić information content (AvgIpc) is 2.74. The zero-order valence-electron chi connectivity index (χ0n) is 16.9. The first-order chi connectivity index (χ1) is 15.2. The van der Waals surface area contributed by atoms with E-state index in [4.69, 9.17) is 21.1 Å². The van der Waals surface area contributed by atoms with Crippen molar-refractivity contribution in [2.45, 2.75) is 19.7 Å². The Labute approximate surface area is 187 Å². The topological polar surface area (TPSA) is 72.5 Å². The normalized spacial score (nSPS) is 11.0. The first-order valence-electron chi connectivity index (χ1n) is 9.40. The average molecular weight is 466 g/mol. The molecule has 0 radical (unpaired) electrons. The van der Waals surface area contributed by atoms with Crippen LogP contribution in [0.1, 0.15) is 11.3 Å². The monoisotopic (exact) mass is 465 g/mol. The lowest BCUT2D eigenvalue weighted by Crippen LogP contribution is -2.20. The van der Waals surface area contributed by atoms with Crippen LogP contribution in [-0.2, 0) is 6.61 Å². The van der Waals surface area contributed by atoms with Crippen molar-refractivity contribution < 1.29 is 27.4 Å². The molecule has 2 amide bonds. The smallest absolute Gasteiger partial charge is 0.422 e. The first-order valence-corrected chi connectivity index (χ1v) is 9.78. The van der Waals surface area contributed by atoms with Gasteiger partial charge in [0.05, 0.1) is 5.69 Å². The van der Waals surface area contributed by atoms with E-state index in [0.29, 0.717) is 33.4 Å². The van der Waals surface area contributed by atoms with Gasteiger partial charge in [-0.2, -0.15) is 13.2 Å². The highest BCUT2D eigenvalue weighted by Gasteiger charge is 2.28. The van der Waals surface area contributed by atoms with Crippen molar-refractivity contribution in [1.29, 1.82) is 0 Å². The van der Waals surface area contributed by atoms with Crippen LogP contribution in [0.5, 0.6) is 11.5 Å². The second kappa shape index (κ2) is 10.2. The van der Waals surface area contributed by atoms with E-state index in [9.17, 15) is 18.0 Å². The molecule has 168 valence electrons. The summed E-state index contributed by atoms with van der Waals surface area (Å²) in [5.74, 6) is 0.596. The Bertz CT molecular complexity index is 1060. The molecule has 1 heterocycles. The number of carbonyl (C=O) groups is 1. The molecule has 3 aromatic rings. The molecule has 0 bridgehead atoms. The van der Waals surface area contributed by atoms with Gasteiger partial charge in [0, 0.05) is 28.2 Å². The molecule has 6 nitrogen and oxygen atoms in total. The third-order valence-electron chi connectivity index (χ3n) is 4.24. The van der Waals surface area contributed by atoms with E-state index in [1.165, 1.54) is 12.3 Å². The first kappa shape index (κ1) is 23.2. The minimum absolute atomic E-state index is 0.0406. The molecule has 0 unspecified atom stereocenters. The van der Waals surface area contributed by atoms with Crippen molar-refractivity contribution in [2.24, 2.45) is 0 Å². The largest absolute Gasteiger partial charge is 0.487 e. The molecule has 2 aromatic carbocycles. The summed E-state index contributed by atoms with van der Waals surface area (Å²) in [6.07, 6.45) is -3.06. The van der Waals surface area contributed by atoms with Gasteiger partial charge in [-0.1, -0.05) is 11.6 Å². The number of nitrogens with one attached hydrogen (secondary N) is 2. The number of benzene rings is 2. The van der Waals surface area contributed by atoms with Gasteiger partial charge >= 0.3 is 12.2 Å². The SMILES string of the molecule is Cc1c(OCC(F)(F)F)ccnc1COc1ccc(NC(=O)Nc2ccc(Cl)cc2)cc1. The molecule has 2 N–H and O–H groups in total. The molecule has 0 atom stereocenters. The number of hydrogen-bond acceptors (Lipinski definition) is 4. The number of ether oxygens (including phenoxy) is 2. The van der Waals surface area contributed by atoms with Gasteiger partial charge in [0.1, 0.15) is 18.1 Å². The van der Waals surface area contributed by atoms with Crippen molar-refractivity contribution in [3.63, 3.8) is 0 Å². The van der Waals surface area contributed by atoms with E-state index >= 15 is 0 Å². The number of pyridine rings is 1. The van der Waals surface area contributed by atoms with Crippen LogP contribution < -0.4 is 20.1 Å². The number of carbonyl (C=O) groups excluding carboxylic acids is 1. The van der Waals surface area contributed by atoms with Gasteiger partial charge in [-0.15, -0.1) is 0 Å². The number of halogens is 4. The molecular weight excluding hydrogens is 447 g/mol. The van der Waals surface area contributed by atoms with E-state index in [2.05, 4.69) is 15.6 Å². The zero-order chi connectivity index (χ0) is 23.1. The van der Waals surface area contributed by atoms with Crippen molar-refractivity contribution in [1.82, 2.24) is 4.98 Å². The number of hydrogen-bond donors (Lipinski definition) is 2. The predicted octanol–water partition coefficient (Wildman–Crippen LogP) is 6.21. The van der Waals surface area contributed by atoms with Gasteiger partial charge in [0.2, 0.25) is 0 Å². The minimum atomic E-state index is -4.42. The third kappa shape index (κ3) is 7.05. The maximum atomic E-state index is 12.4. The molecule has 0 aliphatic heterocycles. The fourth-order valence-electron chi connectivity index (χ4n) is 2.63. The van der Waals surface area contributed by atoms with Crippen LogP contribution in [0, 0.1) is 6.92 Å². The summed E-state index contributed by atoms with van der Waals surface area (Å²) in [4.78, 5) is 16.2. The summed E-state index contributed by atoms with van der Waals surface area (Å²) in [5, 5.41) is 5.94. The number of alkyl halides is 3. The molecular formula is C22H19ClF3N3O3. The van der Waals surface area contributed by atoms with E-state index in [0.717, 1.165) is 0 Å². The maximum absolute atomic E-state index is 12.4. The van der Waals surface area contributed by atoms with E-state index < -0.39 is 18.8 Å². The molecule has 0 saturated carbocycles. The minimum Gasteiger partial charge on any atom is -0.487 e. The number of anilines is 2. The Morgan fingerprint density at radius 3 is 2.16 bits per heavy atom. The van der Waals surface area contributed by atoms with Crippen LogP contribution in [-0.4, -0.2) is 23.8 Å². The predicted molar refractivity (Wildman–Crippen MR) is 115 cm³/mol. The number of nitrogens with zero attached hydrogens (tertiary/aromatic N) is 1. The van der Waals surface area contributed by atoms with Gasteiger partial charge in [0.25, 0.3) is 0 Å². The molecule has 0 aliphatic carbocycles. The highest BCUT2D eigenvalue weighted by Crippen LogP contribution is 2.24. The number of amides is 2. The molecule has 0 fully saturated rings. The van der Waals surface area contributed by atoms with Gasteiger partial charge in [-0.05, 0) is 61.5 Å². The Morgan fingerprint density at radius 1 is 0.969 bits per heavy atom. The summed E-state index contributed by atoms with van der Waals surface area (Å²) in [5.41, 5.74) is 2.06. The Kier molecular flexibility index (Phi) is 7.42. The maximum Gasteiger partial charge on any atom is 0.422 e. The highest BCUT2D eigenvalue weighted by atomic mass is 35.5. The molecule has 32 heavy (non-hydrogen) atoms. The summed E-state index contributed by atoms with van der Waals surface area (Å²) < 4.78 is 47.6. The van der Waals surface area contributed by atoms with Crippen molar-refractivity contribution in [2.75, 3.05) is 17.2 Å². The van der Waals surface area contributed by atoms with Gasteiger partial charge < -0.3 is 20.1 Å². The number of rotatable bonds is 7. The standard InChI is InChI=1S/C22H19ClF3N3O3/c1-14-19(27-11-10-20(14)32-13-22(24,25)26)12-31-18-8-6-17(7-9-18)29-21(30)28-16-4-2-15(23)3-5-16/h2-11H,12-13H2,1H3,(H2,28,29,30). The molecule has 3 rings (SSSR count). The van der Waals surface area contributed by atoms with Crippen LogP contribution >= 0.6 is 11.6 Å². The zero-order valence-corrected chi connectivity index (χ0v) is 17.6. The molecule has 10 heteroatoms. The van der Waals surface area contributed by atoms with E-state index in [-0.39, 0.29) is 12.4 Å². The summed E-state index contributed by atoms with van der Waals surface area (Å²) in [6, 6.07) is 14.2. The quantitative estimate of drug-likeness (QED) is 0.435. The molecule has 0 spiro atoms. The van der Waals surface area contributed by atoms with Crippen LogP contribution in [0.3, 0.4) is 0 Å². The summed E-state index contributed by atoms with van der Waals surface area (Å²) in [7, 11) is 0. The second-order valence-electron chi connectivity index (χ2n) is 6.68. The number of aromatic nitrogens is 1. The fourth-order valence-corrected chi connectivity index (χ4v) is 2.76. The van der Waals surface area contributed by atoms with Crippen molar-refractivity contribution in [3.05, 3.63) is 77.1 Å². The molecule has 1 aromatic heterocycles. The summed E-state index contributed by atoms with van der Waals surface area (Å²) >= 11 is 5.81. The van der Waals surface area contributed by atoms with Crippen LogP contribution in [0.2, 0.25) is 5.02 Å². The van der Waals surface area contributed by atoms with E-state index in [1.807, 2.05) is 0 Å². The Balaban J connectivity index is 1.53. The van der Waals surface area contributed by atoms with Crippen molar-refractivity contribution in [3.8, 4) is 11.5 Å². The third-order valence-corrected chi connectivity index (χ3v) is 4.49. The molecule has 0 aliphatic rings. The van der Waals surface area contributed by atoms with Crippen molar-refractivity contribution >= 4 is 29.0 Å². The number of urea groups is 1. The van der Waals surface area contributed by atoms with E-state index in [1.54, 1.807) is 55.5 Å². The van der Waals surface area contributed by atoms with Gasteiger partial charge in [0.15, 0.2) is 6.61 Å². The Hall–Kier alpha value is -3.46. The lowest BCUT2D eigenvalue weighted by molar-refractivity contribution is -0.153. The lowest BCUT2D eigenvalue weighted by Gasteiger charge is -2.14. The van der Waals surface area contributed by atoms with Crippen LogP contribution in [0.15, 0.2) is 60.8 Å². The highest BCUT2D eigenvalue weighted by molar-refractivity contribution is 6.30. The summed E-state index contributed by atoms with van der Waals surface area (Å²) in [6.45, 7) is 0.279. The van der Waals surface area contributed by atoms with Crippen LogP contribution in [0.25, 0.3) is 0 Å².